The van der Waals surface area contributed by atoms with E-state index >= 15 is 0 Å². The average molecular weight is 296 g/mol. The fourth-order valence-corrected chi connectivity index (χ4v) is 1.71. The smallest absolute Gasteiger partial charge is 0.383 e. The van der Waals surface area contributed by atoms with Crippen LogP contribution in [0.25, 0.3) is 0 Å². The lowest BCUT2D eigenvalue weighted by atomic mass is 10.0. The normalized spacial score (nSPS) is 17.2. The second-order valence-electron chi connectivity index (χ2n) is 4.89. The molecule has 5 nitrogen and oxygen atoms in total. The van der Waals surface area contributed by atoms with Gasteiger partial charge in [-0.25, -0.2) is 0 Å². The summed E-state index contributed by atoms with van der Waals surface area (Å²) in [6.07, 6.45) is -7.72. The average Bonchev–Trinajstić information content (AvgIpc) is 2.81. The van der Waals surface area contributed by atoms with Gasteiger partial charge in [0.1, 0.15) is 6.10 Å². The summed E-state index contributed by atoms with van der Waals surface area (Å²) in [5, 5.41) is 12.8. The van der Waals surface area contributed by atoms with Crippen molar-refractivity contribution in [3.8, 4) is 0 Å². The first-order chi connectivity index (χ1) is 9.18. The summed E-state index contributed by atoms with van der Waals surface area (Å²) in [5.41, 5.74) is 0. The van der Waals surface area contributed by atoms with Crippen LogP contribution in [0.3, 0.4) is 0 Å². The molecule has 0 saturated heterocycles. The number of ether oxygens (including phenoxy) is 1. The molecule has 1 aromatic rings. The lowest BCUT2D eigenvalue weighted by Crippen LogP contribution is -2.33. The van der Waals surface area contributed by atoms with E-state index in [9.17, 15) is 18.3 Å². The summed E-state index contributed by atoms with van der Waals surface area (Å²) in [6.45, 7) is 7.16. The van der Waals surface area contributed by atoms with E-state index < -0.39 is 24.3 Å². The number of alkyl halides is 3. The van der Waals surface area contributed by atoms with Crippen molar-refractivity contribution in [3.63, 3.8) is 0 Å². The molecule has 0 aliphatic carbocycles. The predicted octanol–water partition coefficient (Wildman–Crippen LogP) is 2.83. The molecule has 0 bridgehead atoms. The Morgan fingerprint density at radius 2 is 1.90 bits per heavy atom. The molecule has 20 heavy (non-hydrogen) atoms. The molecule has 0 fully saturated rings. The number of halogens is 3. The van der Waals surface area contributed by atoms with Crippen LogP contribution in [-0.4, -0.2) is 34.1 Å². The van der Waals surface area contributed by atoms with Gasteiger partial charge in [0, 0.05) is 6.61 Å². The van der Waals surface area contributed by atoms with Gasteiger partial charge in [-0.2, -0.15) is 18.2 Å². The van der Waals surface area contributed by atoms with Crippen molar-refractivity contribution >= 4 is 0 Å². The monoisotopic (exact) mass is 296 g/mol. The third-order valence-electron chi connectivity index (χ3n) is 2.86. The molecule has 0 radical (unpaired) electrons. The van der Waals surface area contributed by atoms with Crippen LogP contribution in [0.2, 0.25) is 0 Å². The zero-order valence-electron chi connectivity index (χ0n) is 11.8. The van der Waals surface area contributed by atoms with Crippen LogP contribution >= 0.6 is 0 Å². The molecular formula is C12H19F3N2O3. The van der Waals surface area contributed by atoms with E-state index in [2.05, 4.69) is 10.1 Å². The zero-order valence-corrected chi connectivity index (χ0v) is 11.8. The molecule has 0 aliphatic heterocycles. The van der Waals surface area contributed by atoms with Gasteiger partial charge < -0.3 is 14.4 Å². The fraction of sp³-hybridized carbons (Fsp3) is 0.833. The van der Waals surface area contributed by atoms with Gasteiger partial charge in [-0.15, -0.1) is 0 Å². The third-order valence-corrected chi connectivity index (χ3v) is 2.86. The highest BCUT2D eigenvalue weighted by molar-refractivity contribution is 5.00. The Balaban J connectivity index is 2.91. The number of nitrogens with zero attached hydrogens (tertiary/aromatic N) is 2. The van der Waals surface area contributed by atoms with E-state index in [0.29, 0.717) is 6.61 Å². The maximum Gasteiger partial charge on any atom is 0.415 e. The summed E-state index contributed by atoms with van der Waals surface area (Å²) in [6, 6.07) is 0. The molecule has 116 valence electrons. The van der Waals surface area contributed by atoms with Crippen molar-refractivity contribution in [2.75, 3.05) is 6.61 Å². The minimum atomic E-state index is -4.73. The molecule has 0 saturated carbocycles. The zero-order chi connectivity index (χ0) is 15.5. The quantitative estimate of drug-likeness (QED) is 0.874. The highest BCUT2D eigenvalue weighted by Gasteiger charge is 2.44. The Hall–Kier alpha value is -1.15. The third kappa shape index (κ3) is 3.92. The highest BCUT2D eigenvalue weighted by Crippen LogP contribution is 2.32. The first kappa shape index (κ1) is 16.9. The van der Waals surface area contributed by atoms with Gasteiger partial charge in [-0.05, 0) is 12.8 Å². The number of aliphatic hydroxyl groups excluding tert-OH is 1. The molecule has 1 aromatic heterocycles. The topological polar surface area (TPSA) is 68.4 Å². The number of aliphatic hydroxyl groups is 1. The summed E-state index contributed by atoms with van der Waals surface area (Å²) >= 11 is 0. The summed E-state index contributed by atoms with van der Waals surface area (Å²) < 4.78 is 47.6. The second-order valence-corrected chi connectivity index (χ2v) is 4.89. The molecule has 0 aromatic carbocycles. The first-order valence-corrected chi connectivity index (χ1v) is 6.38. The Labute approximate surface area is 115 Å². The van der Waals surface area contributed by atoms with Crippen LogP contribution < -0.4 is 0 Å². The van der Waals surface area contributed by atoms with Crippen LogP contribution in [0.4, 0.5) is 13.2 Å². The van der Waals surface area contributed by atoms with E-state index in [1.165, 1.54) is 6.92 Å². The van der Waals surface area contributed by atoms with Crippen molar-refractivity contribution in [2.24, 2.45) is 5.92 Å². The summed E-state index contributed by atoms with van der Waals surface area (Å²) in [7, 11) is 0. The van der Waals surface area contributed by atoms with E-state index in [-0.39, 0.29) is 17.6 Å². The van der Waals surface area contributed by atoms with Crippen molar-refractivity contribution in [1.82, 2.24) is 10.1 Å². The SMILES string of the molecule is CCOC(c1noc(C(C)C(O)C(F)(F)F)n1)C(C)C. The molecule has 0 amide bonds. The Morgan fingerprint density at radius 3 is 2.35 bits per heavy atom. The molecular weight excluding hydrogens is 277 g/mol. The van der Waals surface area contributed by atoms with Crippen LogP contribution in [0.15, 0.2) is 4.52 Å². The lowest BCUT2D eigenvalue weighted by Gasteiger charge is -2.18. The van der Waals surface area contributed by atoms with Crippen LogP contribution in [-0.2, 0) is 4.74 Å². The number of rotatable bonds is 6. The molecule has 1 heterocycles. The van der Waals surface area contributed by atoms with Crippen LogP contribution in [0.1, 0.15) is 51.4 Å². The molecule has 0 aliphatic rings. The minimum absolute atomic E-state index is 0.0447. The largest absolute Gasteiger partial charge is 0.415 e. The predicted molar refractivity (Wildman–Crippen MR) is 64.0 cm³/mol. The van der Waals surface area contributed by atoms with Crippen molar-refractivity contribution in [2.45, 2.75) is 52.0 Å². The van der Waals surface area contributed by atoms with Gasteiger partial charge in [0.25, 0.3) is 0 Å². The lowest BCUT2D eigenvalue weighted by molar-refractivity contribution is -0.210. The minimum Gasteiger partial charge on any atom is -0.383 e. The van der Waals surface area contributed by atoms with Crippen molar-refractivity contribution in [1.29, 1.82) is 0 Å². The molecule has 0 spiro atoms. The Kier molecular flexibility index (Phi) is 5.52. The van der Waals surface area contributed by atoms with Gasteiger partial charge in [-0.3, -0.25) is 0 Å². The fourth-order valence-electron chi connectivity index (χ4n) is 1.71. The number of aromatic nitrogens is 2. The first-order valence-electron chi connectivity index (χ1n) is 6.38. The Morgan fingerprint density at radius 1 is 1.30 bits per heavy atom. The summed E-state index contributed by atoms with van der Waals surface area (Å²) in [5.74, 6) is -1.35. The summed E-state index contributed by atoms with van der Waals surface area (Å²) in [4.78, 5) is 3.92. The standard InChI is InChI=1S/C12H19F3N2O3/c1-5-19-8(6(2)3)10-16-11(20-17-10)7(4)9(18)12(13,14)15/h6-9,18H,5H2,1-4H3. The van der Waals surface area contributed by atoms with Gasteiger partial charge in [-0.1, -0.05) is 25.9 Å². The van der Waals surface area contributed by atoms with Crippen molar-refractivity contribution in [3.05, 3.63) is 11.7 Å². The molecule has 3 atom stereocenters. The van der Waals surface area contributed by atoms with Gasteiger partial charge in [0.2, 0.25) is 11.7 Å². The van der Waals surface area contributed by atoms with Crippen LogP contribution in [0, 0.1) is 5.92 Å². The van der Waals surface area contributed by atoms with E-state index in [0.717, 1.165) is 0 Å². The van der Waals surface area contributed by atoms with Crippen molar-refractivity contribution < 1.29 is 27.5 Å². The second kappa shape index (κ2) is 6.53. The van der Waals surface area contributed by atoms with E-state index in [1.54, 1.807) is 6.92 Å². The van der Waals surface area contributed by atoms with Gasteiger partial charge in [0.05, 0.1) is 5.92 Å². The maximum atomic E-state index is 12.4. The molecule has 1 rings (SSSR count). The van der Waals surface area contributed by atoms with Crippen LogP contribution in [0.5, 0.6) is 0 Å². The van der Waals surface area contributed by atoms with E-state index in [1.807, 2.05) is 13.8 Å². The Bertz CT molecular complexity index is 420. The van der Waals surface area contributed by atoms with Gasteiger partial charge in [0.15, 0.2) is 6.10 Å². The molecule has 3 unspecified atom stereocenters. The van der Waals surface area contributed by atoms with E-state index in [4.69, 9.17) is 9.26 Å². The molecule has 8 heteroatoms. The molecule has 1 N–H and O–H groups in total. The maximum absolute atomic E-state index is 12.4. The number of hydrogen-bond acceptors (Lipinski definition) is 5. The van der Waals surface area contributed by atoms with Gasteiger partial charge >= 0.3 is 6.18 Å². The number of hydrogen-bond donors (Lipinski definition) is 1. The highest BCUT2D eigenvalue weighted by atomic mass is 19.4.